The molecule has 1 aliphatic rings. The minimum atomic E-state index is -1.28. The van der Waals surface area contributed by atoms with Crippen molar-refractivity contribution in [3.05, 3.63) is 29.1 Å². The van der Waals surface area contributed by atoms with Crippen molar-refractivity contribution in [1.29, 1.82) is 5.41 Å². The van der Waals surface area contributed by atoms with E-state index in [2.05, 4.69) is 0 Å². The summed E-state index contributed by atoms with van der Waals surface area (Å²) in [6, 6.07) is 2.61. The Kier molecular flexibility index (Phi) is 3.81. The van der Waals surface area contributed by atoms with Gasteiger partial charge in [0.25, 0.3) is 0 Å². The van der Waals surface area contributed by atoms with Gasteiger partial charge in [0.05, 0.1) is 13.2 Å². The number of hydrogen-bond donors (Lipinski definition) is 2. The molecule has 18 heavy (non-hydrogen) atoms. The van der Waals surface area contributed by atoms with Gasteiger partial charge in [0, 0.05) is 5.56 Å². The van der Waals surface area contributed by atoms with Gasteiger partial charge >= 0.3 is 0 Å². The largest absolute Gasteiger partial charge is 0.493 e. The van der Waals surface area contributed by atoms with Crippen molar-refractivity contribution in [3.63, 3.8) is 0 Å². The number of rotatable bonds is 3. The summed E-state index contributed by atoms with van der Waals surface area (Å²) in [5.41, 5.74) is 1.00. The smallest absolute Gasteiger partial charge is 0.215 e. The van der Waals surface area contributed by atoms with Crippen LogP contribution in [0.3, 0.4) is 0 Å². The summed E-state index contributed by atoms with van der Waals surface area (Å²) in [5.74, 6) is -0.239. The highest BCUT2D eigenvalue weighted by Gasteiger charge is 2.24. The number of aliphatic hydroxyl groups is 1. The van der Waals surface area contributed by atoms with Gasteiger partial charge in [-0.2, -0.15) is 0 Å². The van der Waals surface area contributed by atoms with Gasteiger partial charge in [-0.25, -0.2) is 4.39 Å². The first-order valence-electron chi connectivity index (χ1n) is 5.98. The van der Waals surface area contributed by atoms with Crippen molar-refractivity contribution >= 4 is 5.90 Å². The predicted molar refractivity (Wildman–Crippen MR) is 64.5 cm³/mol. The molecule has 0 radical (unpaired) electrons. The lowest BCUT2D eigenvalue weighted by molar-refractivity contribution is 0.182. The van der Waals surface area contributed by atoms with E-state index < -0.39 is 11.9 Å². The van der Waals surface area contributed by atoms with Crippen molar-refractivity contribution < 1.29 is 19.0 Å². The normalized spacial score (nSPS) is 15.5. The summed E-state index contributed by atoms with van der Waals surface area (Å²) in [6.45, 7) is 2.55. The van der Waals surface area contributed by atoms with E-state index >= 15 is 0 Å². The summed E-state index contributed by atoms with van der Waals surface area (Å²) < 4.78 is 23.9. The molecule has 5 heteroatoms. The van der Waals surface area contributed by atoms with E-state index in [0.29, 0.717) is 12.4 Å². The fraction of sp³-hybridized carbons (Fsp3) is 0.462. The summed E-state index contributed by atoms with van der Waals surface area (Å²) in [4.78, 5) is 0. The Morgan fingerprint density at radius 1 is 1.61 bits per heavy atom. The fourth-order valence-corrected chi connectivity index (χ4v) is 2.05. The predicted octanol–water partition coefficient (Wildman–Crippen LogP) is 2.20. The average molecular weight is 253 g/mol. The van der Waals surface area contributed by atoms with Crippen LogP contribution in [0.5, 0.6) is 5.75 Å². The summed E-state index contributed by atoms with van der Waals surface area (Å²) in [7, 11) is 0. The van der Waals surface area contributed by atoms with Gasteiger partial charge in [-0.1, -0.05) is 0 Å². The molecule has 2 N–H and O–H groups in total. The zero-order chi connectivity index (χ0) is 13.1. The first-order valence-corrected chi connectivity index (χ1v) is 5.98. The number of halogens is 1. The topological polar surface area (TPSA) is 62.5 Å². The van der Waals surface area contributed by atoms with E-state index in [1.165, 1.54) is 12.1 Å². The second kappa shape index (κ2) is 5.35. The highest BCUT2D eigenvalue weighted by atomic mass is 19.1. The maximum absolute atomic E-state index is 13.5. The maximum atomic E-state index is 13.5. The van der Waals surface area contributed by atoms with Crippen LogP contribution >= 0.6 is 0 Å². The number of nitrogens with one attached hydrogen (secondary N) is 1. The van der Waals surface area contributed by atoms with Crippen molar-refractivity contribution in [1.82, 2.24) is 0 Å². The summed E-state index contributed by atoms with van der Waals surface area (Å²) in [6.07, 6.45) is 0.261. The molecule has 4 nitrogen and oxygen atoms in total. The SMILES string of the molecule is CCOC(=N)C(O)c1cc(F)cc2c1OCCC2. The molecule has 1 unspecified atom stereocenters. The lowest BCUT2D eigenvalue weighted by Gasteiger charge is -2.23. The van der Waals surface area contributed by atoms with E-state index in [9.17, 15) is 9.50 Å². The molecule has 0 aromatic heterocycles. The van der Waals surface area contributed by atoms with Gasteiger partial charge in [-0.05, 0) is 37.5 Å². The molecule has 1 heterocycles. The van der Waals surface area contributed by atoms with Gasteiger partial charge < -0.3 is 14.6 Å². The van der Waals surface area contributed by atoms with Crippen LogP contribution in [-0.4, -0.2) is 24.2 Å². The number of aryl methyl sites for hydroxylation is 1. The second-order valence-corrected chi connectivity index (χ2v) is 4.14. The zero-order valence-corrected chi connectivity index (χ0v) is 10.2. The number of fused-ring (bicyclic) bond motifs is 1. The number of hydrogen-bond acceptors (Lipinski definition) is 4. The van der Waals surface area contributed by atoms with Crippen molar-refractivity contribution in [2.45, 2.75) is 25.9 Å². The van der Waals surface area contributed by atoms with E-state index in [-0.39, 0.29) is 18.1 Å². The Bertz CT molecular complexity index is 462. The monoisotopic (exact) mass is 253 g/mol. The van der Waals surface area contributed by atoms with Crippen molar-refractivity contribution in [2.75, 3.05) is 13.2 Å². The molecule has 0 spiro atoms. The highest BCUT2D eigenvalue weighted by Crippen LogP contribution is 2.34. The van der Waals surface area contributed by atoms with Crippen LogP contribution in [0.2, 0.25) is 0 Å². The van der Waals surface area contributed by atoms with Crippen LogP contribution in [0, 0.1) is 11.2 Å². The van der Waals surface area contributed by atoms with Crippen molar-refractivity contribution in [2.24, 2.45) is 0 Å². The Morgan fingerprint density at radius 3 is 3.11 bits per heavy atom. The van der Waals surface area contributed by atoms with Crippen LogP contribution in [0.25, 0.3) is 0 Å². The molecule has 0 aliphatic carbocycles. The number of ether oxygens (including phenoxy) is 2. The zero-order valence-electron chi connectivity index (χ0n) is 10.2. The minimum Gasteiger partial charge on any atom is -0.493 e. The molecule has 0 fully saturated rings. The Hall–Kier alpha value is -1.62. The molecule has 0 bridgehead atoms. The molecule has 98 valence electrons. The fourth-order valence-electron chi connectivity index (χ4n) is 2.05. The lowest BCUT2D eigenvalue weighted by atomic mass is 9.99. The second-order valence-electron chi connectivity index (χ2n) is 4.14. The van der Waals surface area contributed by atoms with Crippen LogP contribution in [-0.2, 0) is 11.2 Å². The molecular weight excluding hydrogens is 237 g/mol. The van der Waals surface area contributed by atoms with E-state index in [1.54, 1.807) is 6.92 Å². The van der Waals surface area contributed by atoms with Crippen LogP contribution < -0.4 is 4.74 Å². The van der Waals surface area contributed by atoms with E-state index in [4.69, 9.17) is 14.9 Å². The van der Waals surface area contributed by atoms with Crippen LogP contribution in [0.1, 0.15) is 30.6 Å². The molecule has 1 aromatic rings. The Labute approximate surface area is 105 Å². The summed E-state index contributed by atoms with van der Waals surface area (Å²) in [5, 5.41) is 17.6. The molecule has 1 aromatic carbocycles. The molecule has 1 atom stereocenters. The standard InChI is InChI=1S/C13H16FNO3/c1-2-17-13(15)11(16)10-7-9(14)6-8-4-3-5-18-12(8)10/h6-7,11,15-16H,2-5H2,1H3. The molecule has 1 aliphatic heterocycles. The lowest BCUT2D eigenvalue weighted by Crippen LogP contribution is -2.18. The third-order valence-electron chi connectivity index (χ3n) is 2.84. The maximum Gasteiger partial charge on any atom is 0.215 e. The first-order chi connectivity index (χ1) is 8.63. The van der Waals surface area contributed by atoms with Gasteiger partial charge in [0.2, 0.25) is 5.90 Å². The molecule has 0 saturated carbocycles. The molecular formula is C13H16FNO3. The number of aliphatic hydroxyl groups excluding tert-OH is 1. The van der Waals surface area contributed by atoms with Gasteiger partial charge in [0.15, 0.2) is 6.10 Å². The number of benzene rings is 1. The Balaban J connectivity index is 2.37. The average Bonchev–Trinajstić information content (AvgIpc) is 2.37. The van der Waals surface area contributed by atoms with Gasteiger partial charge in [-0.3, -0.25) is 5.41 Å². The van der Waals surface area contributed by atoms with Gasteiger partial charge in [0.1, 0.15) is 11.6 Å². The van der Waals surface area contributed by atoms with Crippen LogP contribution in [0.4, 0.5) is 4.39 Å². The molecule has 0 amide bonds. The van der Waals surface area contributed by atoms with Crippen molar-refractivity contribution in [3.8, 4) is 5.75 Å². The first kappa shape index (κ1) is 12.8. The summed E-state index contributed by atoms with van der Waals surface area (Å²) >= 11 is 0. The van der Waals surface area contributed by atoms with Gasteiger partial charge in [-0.15, -0.1) is 0 Å². The third kappa shape index (κ3) is 2.46. The highest BCUT2D eigenvalue weighted by molar-refractivity contribution is 5.80. The quantitative estimate of drug-likeness (QED) is 0.641. The van der Waals surface area contributed by atoms with Crippen LogP contribution in [0.15, 0.2) is 12.1 Å². The third-order valence-corrected chi connectivity index (χ3v) is 2.84. The Morgan fingerprint density at radius 2 is 2.39 bits per heavy atom. The molecule has 0 saturated heterocycles. The van der Waals surface area contributed by atoms with E-state index in [1.807, 2.05) is 0 Å². The molecule has 2 rings (SSSR count). The van der Waals surface area contributed by atoms with E-state index in [0.717, 1.165) is 18.4 Å². The minimum absolute atomic E-state index is 0.267.